The van der Waals surface area contributed by atoms with Gasteiger partial charge in [-0.2, -0.15) is 5.10 Å². The monoisotopic (exact) mass is 211 g/mol. The Hall–Kier alpha value is -2.05. The highest BCUT2D eigenvalue weighted by molar-refractivity contribution is 5.96. The van der Waals surface area contributed by atoms with Gasteiger partial charge in [0.2, 0.25) is 5.91 Å². The number of primary amides is 1. The molecule has 82 valence electrons. The van der Waals surface area contributed by atoms with E-state index in [1.807, 2.05) is 0 Å². The summed E-state index contributed by atoms with van der Waals surface area (Å²) in [6.45, 7) is 3.33. The van der Waals surface area contributed by atoms with E-state index in [2.05, 4.69) is 20.8 Å². The second-order valence-electron chi connectivity index (χ2n) is 3.15. The Kier molecular flexibility index (Phi) is 3.27. The fourth-order valence-corrected chi connectivity index (χ4v) is 0.983. The van der Waals surface area contributed by atoms with Crippen molar-refractivity contribution in [3.05, 3.63) is 11.8 Å². The lowest BCUT2D eigenvalue weighted by Gasteiger charge is -2.11. The molecule has 1 atom stereocenters. The van der Waals surface area contributed by atoms with Gasteiger partial charge in [0.15, 0.2) is 0 Å². The van der Waals surface area contributed by atoms with Crippen LogP contribution in [0.3, 0.4) is 0 Å². The highest BCUT2D eigenvalue weighted by Crippen LogP contribution is 2.08. The zero-order chi connectivity index (χ0) is 11.4. The van der Waals surface area contributed by atoms with Gasteiger partial charge in [-0.1, -0.05) is 0 Å². The number of nitrogens with two attached hydrogens (primary N) is 1. The van der Waals surface area contributed by atoms with Crippen molar-refractivity contribution in [1.82, 2.24) is 15.5 Å². The van der Waals surface area contributed by atoms with Crippen molar-refractivity contribution in [3.8, 4) is 0 Å². The van der Waals surface area contributed by atoms with Crippen LogP contribution in [0, 0.1) is 6.92 Å². The van der Waals surface area contributed by atoms with Crippen molar-refractivity contribution < 1.29 is 9.59 Å². The van der Waals surface area contributed by atoms with E-state index >= 15 is 0 Å². The molecule has 0 radical (unpaired) electrons. The summed E-state index contributed by atoms with van der Waals surface area (Å²) in [5.41, 5.74) is 5.70. The first-order chi connectivity index (χ1) is 7.00. The smallest absolute Gasteiger partial charge is 0.312 e. The van der Waals surface area contributed by atoms with E-state index in [9.17, 15) is 9.59 Å². The second-order valence-corrected chi connectivity index (χ2v) is 3.15. The van der Waals surface area contributed by atoms with Crippen LogP contribution in [-0.4, -0.2) is 28.2 Å². The standard InChI is InChI=1S/C8H13N5O2/c1-4-3-10-13-6(4)12-7(14)5(2)11-8(9)15/h3,5H,1-2H3,(H3,9,11,15)(H2,10,12,13,14). The molecular formula is C8H13N5O2. The number of hydrogen-bond donors (Lipinski definition) is 4. The number of rotatable bonds is 3. The SMILES string of the molecule is Cc1cn[nH]c1NC(=O)C(C)NC(N)=O. The number of H-pyrrole nitrogens is 1. The van der Waals surface area contributed by atoms with Crippen LogP contribution < -0.4 is 16.4 Å². The molecule has 7 heteroatoms. The summed E-state index contributed by atoms with van der Waals surface area (Å²) in [6, 6.07) is -1.43. The maximum Gasteiger partial charge on any atom is 0.312 e. The van der Waals surface area contributed by atoms with Crippen molar-refractivity contribution in [2.75, 3.05) is 5.32 Å². The molecule has 0 saturated carbocycles. The van der Waals surface area contributed by atoms with Crippen LogP contribution in [0.5, 0.6) is 0 Å². The molecule has 0 spiro atoms. The van der Waals surface area contributed by atoms with E-state index in [4.69, 9.17) is 5.73 Å². The van der Waals surface area contributed by atoms with Gasteiger partial charge in [0.1, 0.15) is 11.9 Å². The quantitative estimate of drug-likeness (QED) is 0.551. The molecule has 5 N–H and O–H groups in total. The zero-order valence-electron chi connectivity index (χ0n) is 8.50. The average Bonchev–Trinajstić information content (AvgIpc) is 2.50. The van der Waals surface area contributed by atoms with E-state index < -0.39 is 12.1 Å². The molecule has 1 aromatic rings. The lowest BCUT2D eigenvalue weighted by molar-refractivity contribution is -0.117. The summed E-state index contributed by atoms with van der Waals surface area (Å²) < 4.78 is 0. The van der Waals surface area contributed by atoms with Crippen molar-refractivity contribution in [1.29, 1.82) is 0 Å². The van der Waals surface area contributed by atoms with Gasteiger partial charge >= 0.3 is 6.03 Å². The number of anilines is 1. The molecule has 1 unspecified atom stereocenters. The van der Waals surface area contributed by atoms with Crippen molar-refractivity contribution in [2.45, 2.75) is 19.9 Å². The topological polar surface area (TPSA) is 113 Å². The average molecular weight is 211 g/mol. The van der Waals surface area contributed by atoms with Crippen LogP contribution in [-0.2, 0) is 4.79 Å². The van der Waals surface area contributed by atoms with E-state index in [1.54, 1.807) is 13.1 Å². The van der Waals surface area contributed by atoms with Gasteiger partial charge in [-0.05, 0) is 13.8 Å². The fraction of sp³-hybridized carbons (Fsp3) is 0.375. The summed E-state index contributed by atoms with van der Waals surface area (Å²) in [5, 5.41) is 11.2. The van der Waals surface area contributed by atoms with Crippen molar-refractivity contribution >= 4 is 17.8 Å². The van der Waals surface area contributed by atoms with E-state index in [0.717, 1.165) is 5.56 Å². The van der Waals surface area contributed by atoms with Gasteiger partial charge < -0.3 is 16.4 Å². The number of carbonyl (C=O) groups is 2. The molecule has 1 aromatic heterocycles. The minimum absolute atomic E-state index is 0.360. The Morgan fingerprint density at radius 1 is 1.60 bits per heavy atom. The number of urea groups is 1. The van der Waals surface area contributed by atoms with Crippen molar-refractivity contribution in [2.24, 2.45) is 5.73 Å². The fourth-order valence-electron chi connectivity index (χ4n) is 0.983. The third-order valence-corrected chi connectivity index (χ3v) is 1.83. The third kappa shape index (κ3) is 2.97. The highest BCUT2D eigenvalue weighted by atomic mass is 16.2. The van der Waals surface area contributed by atoms with Gasteiger partial charge in [-0.15, -0.1) is 0 Å². The Morgan fingerprint density at radius 2 is 2.27 bits per heavy atom. The predicted octanol–water partition coefficient (Wildman–Crippen LogP) is -0.287. The lowest BCUT2D eigenvalue weighted by atomic mass is 10.3. The van der Waals surface area contributed by atoms with Crippen LogP contribution in [0.15, 0.2) is 6.20 Å². The third-order valence-electron chi connectivity index (χ3n) is 1.83. The van der Waals surface area contributed by atoms with Crippen LogP contribution >= 0.6 is 0 Å². The number of hydrogen-bond acceptors (Lipinski definition) is 3. The number of amides is 3. The molecule has 0 aliphatic carbocycles. The summed E-state index contributed by atoms with van der Waals surface area (Å²) in [5.74, 6) is 0.152. The molecule has 15 heavy (non-hydrogen) atoms. The molecule has 0 aliphatic heterocycles. The number of nitrogens with one attached hydrogen (secondary N) is 3. The van der Waals surface area contributed by atoms with Gasteiger partial charge in [0.05, 0.1) is 6.20 Å². The molecule has 3 amide bonds. The Balaban J connectivity index is 2.56. The Bertz CT molecular complexity index is 373. The Labute approximate surface area is 86.4 Å². The van der Waals surface area contributed by atoms with E-state index in [0.29, 0.717) is 5.82 Å². The number of aromatic nitrogens is 2. The molecule has 7 nitrogen and oxygen atoms in total. The molecule has 0 fully saturated rings. The molecule has 0 aromatic carbocycles. The highest BCUT2D eigenvalue weighted by Gasteiger charge is 2.15. The molecule has 1 heterocycles. The van der Waals surface area contributed by atoms with Crippen LogP contribution in [0.4, 0.5) is 10.6 Å². The minimum Gasteiger partial charge on any atom is -0.352 e. The maximum atomic E-state index is 11.5. The Morgan fingerprint density at radius 3 is 2.73 bits per heavy atom. The first-order valence-corrected chi connectivity index (χ1v) is 4.37. The molecule has 1 rings (SSSR count). The molecule has 0 aliphatic rings. The normalized spacial score (nSPS) is 11.9. The van der Waals surface area contributed by atoms with Gasteiger partial charge in [0.25, 0.3) is 0 Å². The van der Waals surface area contributed by atoms with Crippen molar-refractivity contribution in [3.63, 3.8) is 0 Å². The summed E-state index contributed by atoms with van der Waals surface area (Å²) >= 11 is 0. The van der Waals surface area contributed by atoms with Crippen LogP contribution in [0.25, 0.3) is 0 Å². The zero-order valence-corrected chi connectivity index (χ0v) is 8.50. The van der Waals surface area contributed by atoms with Gasteiger partial charge in [0, 0.05) is 5.56 Å². The number of nitrogens with zero attached hydrogens (tertiary/aromatic N) is 1. The summed E-state index contributed by atoms with van der Waals surface area (Å²) in [4.78, 5) is 22.0. The van der Waals surface area contributed by atoms with Gasteiger partial charge in [-0.25, -0.2) is 4.79 Å². The van der Waals surface area contributed by atoms with E-state index in [1.165, 1.54) is 6.92 Å². The number of aryl methyl sites for hydroxylation is 1. The maximum absolute atomic E-state index is 11.5. The number of carbonyl (C=O) groups excluding carboxylic acids is 2. The minimum atomic E-state index is -0.737. The molecule has 0 bridgehead atoms. The summed E-state index contributed by atoms with van der Waals surface area (Å²) in [6.07, 6.45) is 1.59. The number of aromatic amines is 1. The lowest BCUT2D eigenvalue weighted by Crippen LogP contribution is -2.44. The first kappa shape index (κ1) is 11.0. The largest absolute Gasteiger partial charge is 0.352 e. The van der Waals surface area contributed by atoms with Gasteiger partial charge in [-0.3, -0.25) is 9.89 Å². The van der Waals surface area contributed by atoms with E-state index in [-0.39, 0.29) is 5.91 Å². The summed E-state index contributed by atoms with van der Waals surface area (Å²) in [7, 11) is 0. The first-order valence-electron chi connectivity index (χ1n) is 4.37. The predicted molar refractivity (Wildman–Crippen MR) is 54.1 cm³/mol. The molecular weight excluding hydrogens is 198 g/mol. The van der Waals surface area contributed by atoms with Crippen LogP contribution in [0.1, 0.15) is 12.5 Å². The second kappa shape index (κ2) is 4.45. The molecule has 0 saturated heterocycles. The van der Waals surface area contributed by atoms with Crippen LogP contribution in [0.2, 0.25) is 0 Å².